The highest BCUT2D eigenvalue weighted by Gasteiger charge is 2.15. The molecule has 1 N–H and O–H groups in total. The SMILES string of the molecule is CNC(=O)c1nc2cc(C)ccc2n(CCOc2ccccc2)c1=NC=O. The van der Waals surface area contributed by atoms with E-state index in [2.05, 4.69) is 15.3 Å². The van der Waals surface area contributed by atoms with E-state index in [1.54, 1.807) is 4.57 Å². The predicted octanol–water partition coefficient (Wildman–Crippen LogP) is 1.84. The molecule has 0 fully saturated rings. The lowest BCUT2D eigenvalue weighted by Crippen LogP contribution is -2.35. The molecular formula is C20H20N4O3. The highest BCUT2D eigenvalue weighted by Crippen LogP contribution is 2.14. The second kappa shape index (κ2) is 8.27. The number of aromatic nitrogens is 2. The standard InChI is InChI=1S/C20H20N4O3/c1-14-8-9-17-16(12-14)23-18(20(26)21-2)19(22-13-25)24(17)10-11-27-15-6-4-3-5-7-15/h3-9,12-13H,10-11H2,1-2H3,(H,21,26). The molecule has 0 saturated heterocycles. The Morgan fingerprint density at radius 3 is 2.74 bits per heavy atom. The van der Waals surface area contributed by atoms with Crippen LogP contribution in [0.3, 0.4) is 0 Å². The number of para-hydroxylation sites is 1. The quantitative estimate of drug-likeness (QED) is 0.676. The average molecular weight is 364 g/mol. The van der Waals surface area contributed by atoms with Gasteiger partial charge < -0.3 is 14.6 Å². The summed E-state index contributed by atoms with van der Waals surface area (Å²) in [4.78, 5) is 31.7. The summed E-state index contributed by atoms with van der Waals surface area (Å²) < 4.78 is 7.55. The molecule has 1 aromatic heterocycles. The maximum Gasteiger partial charge on any atom is 0.273 e. The number of hydrogen-bond donors (Lipinski definition) is 1. The molecule has 0 aliphatic heterocycles. The Balaban J connectivity index is 2.09. The van der Waals surface area contributed by atoms with Crippen LogP contribution in [-0.4, -0.2) is 35.5 Å². The number of carbonyl (C=O) groups is 2. The summed E-state index contributed by atoms with van der Waals surface area (Å²) in [6.07, 6.45) is 0.415. The fourth-order valence-corrected chi connectivity index (χ4v) is 2.81. The first-order chi connectivity index (χ1) is 13.1. The molecule has 0 spiro atoms. The van der Waals surface area contributed by atoms with Gasteiger partial charge in [0.2, 0.25) is 6.41 Å². The first-order valence-corrected chi connectivity index (χ1v) is 8.52. The van der Waals surface area contributed by atoms with E-state index in [0.29, 0.717) is 25.1 Å². The maximum absolute atomic E-state index is 12.3. The van der Waals surface area contributed by atoms with Gasteiger partial charge in [-0.1, -0.05) is 24.3 Å². The summed E-state index contributed by atoms with van der Waals surface area (Å²) in [6.45, 7) is 2.69. The molecule has 3 rings (SSSR count). The monoisotopic (exact) mass is 364 g/mol. The van der Waals surface area contributed by atoms with Gasteiger partial charge in [-0.3, -0.25) is 9.59 Å². The van der Waals surface area contributed by atoms with Crippen molar-refractivity contribution in [3.63, 3.8) is 0 Å². The second-order valence-electron chi connectivity index (χ2n) is 5.90. The molecule has 0 unspecified atom stereocenters. The van der Waals surface area contributed by atoms with Gasteiger partial charge in [0.15, 0.2) is 11.2 Å². The Bertz CT molecular complexity index is 1040. The highest BCUT2D eigenvalue weighted by molar-refractivity contribution is 5.93. The van der Waals surface area contributed by atoms with Crippen LogP contribution >= 0.6 is 0 Å². The Morgan fingerprint density at radius 1 is 1.26 bits per heavy atom. The predicted molar refractivity (Wildman–Crippen MR) is 101 cm³/mol. The van der Waals surface area contributed by atoms with Crippen molar-refractivity contribution in [1.82, 2.24) is 14.9 Å². The van der Waals surface area contributed by atoms with E-state index in [4.69, 9.17) is 4.74 Å². The molecule has 7 heteroatoms. The van der Waals surface area contributed by atoms with Gasteiger partial charge in [-0.05, 0) is 36.8 Å². The molecule has 0 radical (unpaired) electrons. The van der Waals surface area contributed by atoms with Crippen LogP contribution in [0.25, 0.3) is 11.0 Å². The van der Waals surface area contributed by atoms with Crippen molar-refractivity contribution >= 4 is 23.4 Å². The molecule has 0 saturated carbocycles. The summed E-state index contributed by atoms with van der Waals surface area (Å²) >= 11 is 0. The molecule has 2 aromatic carbocycles. The maximum atomic E-state index is 12.3. The van der Waals surface area contributed by atoms with Gasteiger partial charge in [0.05, 0.1) is 17.6 Å². The lowest BCUT2D eigenvalue weighted by Gasteiger charge is -2.15. The minimum Gasteiger partial charge on any atom is -0.492 e. The summed E-state index contributed by atoms with van der Waals surface area (Å²) in [6, 6.07) is 15.2. The minimum atomic E-state index is -0.406. The van der Waals surface area contributed by atoms with Crippen LogP contribution in [0.15, 0.2) is 53.5 Å². The molecule has 7 nitrogen and oxygen atoms in total. The number of nitrogens with zero attached hydrogens (tertiary/aromatic N) is 3. The summed E-state index contributed by atoms with van der Waals surface area (Å²) in [5.41, 5.74) is 2.74. The average Bonchev–Trinajstić information content (AvgIpc) is 2.69. The highest BCUT2D eigenvalue weighted by atomic mass is 16.5. The molecule has 0 bridgehead atoms. The zero-order chi connectivity index (χ0) is 19.2. The van der Waals surface area contributed by atoms with Crippen molar-refractivity contribution in [3.05, 3.63) is 65.3 Å². The van der Waals surface area contributed by atoms with Crippen molar-refractivity contribution < 1.29 is 14.3 Å². The van der Waals surface area contributed by atoms with Crippen molar-refractivity contribution in [1.29, 1.82) is 0 Å². The van der Waals surface area contributed by atoms with Crippen molar-refractivity contribution in [3.8, 4) is 5.75 Å². The van der Waals surface area contributed by atoms with E-state index in [9.17, 15) is 9.59 Å². The van der Waals surface area contributed by atoms with Crippen LogP contribution in [0.5, 0.6) is 5.75 Å². The first-order valence-electron chi connectivity index (χ1n) is 8.52. The Labute approximate surface area is 156 Å². The second-order valence-corrected chi connectivity index (χ2v) is 5.90. The fourth-order valence-electron chi connectivity index (χ4n) is 2.81. The van der Waals surface area contributed by atoms with Crippen molar-refractivity contribution in [2.24, 2.45) is 4.99 Å². The zero-order valence-corrected chi connectivity index (χ0v) is 15.2. The van der Waals surface area contributed by atoms with Gasteiger partial charge >= 0.3 is 0 Å². The Kier molecular flexibility index (Phi) is 5.61. The Morgan fingerprint density at radius 2 is 2.04 bits per heavy atom. The number of fused-ring (bicyclic) bond motifs is 1. The molecule has 1 heterocycles. The smallest absolute Gasteiger partial charge is 0.273 e. The third kappa shape index (κ3) is 4.03. The molecule has 2 amide bonds. The molecule has 138 valence electrons. The van der Waals surface area contributed by atoms with E-state index in [1.807, 2.05) is 55.5 Å². The third-order valence-corrected chi connectivity index (χ3v) is 4.07. The van der Waals surface area contributed by atoms with Gasteiger partial charge in [0, 0.05) is 7.05 Å². The first kappa shape index (κ1) is 18.3. The number of aryl methyl sites for hydroxylation is 1. The van der Waals surface area contributed by atoms with Crippen molar-refractivity contribution in [2.75, 3.05) is 13.7 Å². The number of ether oxygens (including phenoxy) is 1. The van der Waals surface area contributed by atoms with Crippen molar-refractivity contribution in [2.45, 2.75) is 13.5 Å². The molecule has 0 aliphatic carbocycles. The molecule has 3 aromatic rings. The molecular weight excluding hydrogens is 344 g/mol. The summed E-state index contributed by atoms with van der Waals surface area (Å²) in [7, 11) is 1.51. The minimum absolute atomic E-state index is 0.0995. The van der Waals surface area contributed by atoms with Gasteiger partial charge in [0.25, 0.3) is 5.91 Å². The normalized spacial score (nSPS) is 11.4. The van der Waals surface area contributed by atoms with Gasteiger partial charge in [-0.25, -0.2) is 4.98 Å². The number of carbonyl (C=O) groups excluding carboxylic acids is 2. The molecule has 27 heavy (non-hydrogen) atoms. The van der Waals surface area contributed by atoms with Gasteiger partial charge in [-0.2, -0.15) is 4.99 Å². The van der Waals surface area contributed by atoms with Gasteiger partial charge in [-0.15, -0.1) is 0 Å². The molecule has 0 atom stereocenters. The van der Waals surface area contributed by atoms with Crippen LogP contribution in [0.4, 0.5) is 0 Å². The lowest BCUT2D eigenvalue weighted by atomic mass is 10.2. The van der Waals surface area contributed by atoms with E-state index < -0.39 is 5.91 Å². The van der Waals surface area contributed by atoms with E-state index in [-0.39, 0.29) is 11.2 Å². The van der Waals surface area contributed by atoms with Crippen LogP contribution < -0.4 is 15.5 Å². The summed E-state index contributed by atoms with van der Waals surface area (Å²) in [5, 5.41) is 2.55. The lowest BCUT2D eigenvalue weighted by molar-refractivity contribution is -0.107. The van der Waals surface area contributed by atoms with E-state index in [1.165, 1.54) is 7.05 Å². The van der Waals surface area contributed by atoms with Crippen LogP contribution in [0, 0.1) is 6.92 Å². The van der Waals surface area contributed by atoms with Crippen LogP contribution in [-0.2, 0) is 11.3 Å². The number of nitrogens with one attached hydrogen (secondary N) is 1. The summed E-state index contributed by atoms with van der Waals surface area (Å²) in [5.74, 6) is 0.337. The molecule has 0 aliphatic rings. The third-order valence-electron chi connectivity index (χ3n) is 4.07. The Hall–Kier alpha value is -3.48. The zero-order valence-electron chi connectivity index (χ0n) is 15.2. The number of rotatable bonds is 6. The van der Waals surface area contributed by atoms with E-state index >= 15 is 0 Å². The number of benzene rings is 2. The van der Waals surface area contributed by atoms with Crippen LogP contribution in [0.2, 0.25) is 0 Å². The topological polar surface area (TPSA) is 85.6 Å². The number of hydrogen-bond acceptors (Lipinski definition) is 4. The number of amides is 2. The largest absolute Gasteiger partial charge is 0.492 e. The van der Waals surface area contributed by atoms with Crippen LogP contribution in [0.1, 0.15) is 16.1 Å². The van der Waals surface area contributed by atoms with Gasteiger partial charge in [0.1, 0.15) is 12.4 Å². The fraction of sp³-hybridized carbons (Fsp3) is 0.200. The van der Waals surface area contributed by atoms with E-state index in [0.717, 1.165) is 16.8 Å².